The first kappa shape index (κ1) is 8.53. The average molecular weight is 178 g/mol. The molecule has 0 aliphatic carbocycles. The lowest BCUT2D eigenvalue weighted by atomic mass is 9.93. The molecule has 0 radical (unpaired) electrons. The first-order valence-electron chi connectivity index (χ1n) is 4.50. The molecule has 3 nitrogen and oxygen atoms in total. The Morgan fingerprint density at radius 1 is 1.31 bits per heavy atom. The molecule has 70 valence electrons. The second-order valence-electron chi connectivity index (χ2n) is 3.58. The molecule has 1 unspecified atom stereocenters. The molecule has 1 aromatic carbocycles. The van der Waals surface area contributed by atoms with Crippen LogP contribution in [0.1, 0.15) is 12.0 Å². The van der Waals surface area contributed by atoms with Gasteiger partial charge in [-0.2, -0.15) is 0 Å². The van der Waals surface area contributed by atoms with E-state index in [4.69, 9.17) is 5.73 Å². The molecular formula is C10H14N2O. The summed E-state index contributed by atoms with van der Waals surface area (Å²) < 4.78 is 0. The maximum atomic E-state index is 10.2. The molecule has 13 heavy (non-hydrogen) atoms. The third-order valence-electron chi connectivity index (χ3n) is 2.58. The minimum atomic E-state index is -0.687. The van der Waals surface area contributed by atoms with Crippen molar-refractivity contribution in [2.75, 3.05) is 18.8 Å². The number of β-amino-alcohol motifs (C(OH)–C–C–N with tert-alkyl or cyclic N) is 1. The Kier molecular flexibility index (Phi) is 1.98. The molecule has 1 fully saturated rings. The zero-order chi connectivity index (χ0) is 9.31. The number of rotatable bonds is 1. The van der Waals surface area contributed by atoms with Crippen molar-refractivity contribution >= 4 is 5.69 Å². The van der Waals surface area contributed by atoms with Gasteiger partial charge in [0.15, 0.2) is 0 Å². The maximum Gasteiger partial charge on any atom is 0.103 e. The number of anilines is 1. The van der Waals surface area contributed by atoms with Crippen LogP contribution in [0.4, 0.5) is 5.69 Å². The number of hydrogen-bond acceptors (Lipinski definition) is 3. The predicted molar refractivity (Wildman–Crippen MR) is 52.2 cm³/mol. The summed E-state index contributed by atoms with van der Waals surface area (Å²) in [6, 6.07) is 7.43. The molecule has 0 saturated carbocycles. The van der Waals surface area contributed by atoms with Gasteiger partial charge in [0, 0.05) is 12.2 Å². The highest BCUT2D eigenvalue weighted by Crippen LogP contribution is 2.27. The third kappa shape index (κ3) is 1.53. The Bertz CT molecular complexity index is 288. The predicted octanol–water partition coefficient (Wildman–Crippen LogP) is 0.450. The van der Waals surface area contributed by atoms with Gasteiger partial charge in [0.2, 0.25) is 0 Å². The molecule has 1 atom stereocenters. The van der Waals surface area contributed by atoms with Gasteiger partial charge in [0.05, 0.1) is 0 Å². The number of hydrogen-bond donors (Lipinski definition) is 3. The van der Waals surface area contributed by atoms with Gasteiger partial charge in [-0.3, -0.25) is 0 Å². The summed E-state index contributed by atoms with van der Waals surface area (Å²) in [5.74, 6) is 0. The fourth-order valence-electron chi connectivity index (χ4n) is 1.72. The minimum absolute atomic E-state index is 0.636. The van der Waals surface area contributed by atoms with Crippen LogP contribution in [0.15, 0.2) is 24.3 Å². The van der Waals surface area contributed by atoms with Crippen LogP contribution in [0, 0.1) is 0 Å². The van der Waals surface area contributed by atoms with E-state index < -0.39 is 5.60 Å². The maximum absolute atomic E-state index is 10.2. The largest absolute Gasteiger partial charge is 0.399 e. The summed E-state index contributed by atoms with van der Waals surface area (Å²) in [6.45, 7) is 1.51. The Labute approximate surface area is 77.6 Å². The Morgan fingerprint density at radius 3 is 2.54 bits per heavy atom. The fraction of sp³-hybridized carbons (Fsp3) is 0.400. The first-order valence-corrected chi connectivity index (χ1v) is 4.50. The quantitative estimate of drug-likeness (QED) is 0.547. The van der Waals surface area contributed by atoms with E-state index in [2.05, 4.69) is 5.32 Å². The molecule has 0 bridgehead atoms. The number of benzene rings is 1. The van der Waals surface area contributed by atoms with Gasteiger partial charge >= 0.3 is 0 Å². The molecule has 1 saturated heterocycles. The standard InChI is InChI=1S/C10H14N2O/c11-9-3-1-8(2-4-9)10(13)5-6-12-7-10/h1-4,12-13H,5-7,11H2. The smallest absolute Gasteiger partial charge is 0.103 e. The van der Waals surface area contributed by atoms with Crippen molar-refractivity contribution in [2.24, 2.45) is 0 Å². The van der Waals surface area contributed by atoms with Gasteiger partial charge in [0.25, 0.3) is 0 Å². The highest BCUT2D eigenvalue weighted by molar-refractivity contribution is 5.41. The molecule has 1 aliphatic rings. The Hall–Kier alpha value is -1.06. The molecule has 0 aromatic heterocycles. The molecule has 1 heterocycles. The normalized spacial score (nSPS) is 27.8. The zero-order valence-electron chi connectivity index (χ0n) is 7.46. The summed E-state index contributed by atoms with van der Waals surface area (Å²) in [7, 11) is 0. The molecular weight excluding hydrogens is 164 g/mol. The number of nitrogens with two attached hydrogens (primary N) is 1. The van der Waals surface area contributed by atoms with Gasteiger partial charge in [-0.25, -0.2) is 0 Å². The van der Waals surface area contributed by atoms with Crippen molar-refractivity contribution in [2.45, 2.75) is 12.0 Å². The van der Waals surface area contributed by atoms with Crippen LogP contribution in [0.25, 0.3) is 0 Å². The monoisotopic (exact) mass is 178 g/mol. The van der Waals surface area contributed by atoms with E-state index in [-0.39, 0.29) is 0 Å². The van der Waals surface area contributed by atoms with Crippen molar-refractivity contribution in [3.8, 4) is 0 Å². The van der Waals surface area contributed by atoms with Crippen LogP contribution in [-0.2, 0) is 5.60 Å². The van der Waals surface area contributed by atoms with E-state index in [1.807, 2.05) is 24.3 Å². The van der Waals surface area contributed by atoms with Crippen LogP contribution in [0.2, 0.25) is 0 Å². The van der Waals surface area contributed by atoms with Crippen molar-refractivity contribution in [3.05, 3.63) is 29.8 Å². The van der Waals surface area contributed by atoms with Gasteiger partial charge in [0.1, 0.15) is 5.60 Å². The number of aliphatic hydroxyl groups is 1. The summed E-state index contributed by atoms with van der Waals surface area (Å²) in [5.41, 5.74) is 6.57. The second-order valence-corrected chi connectivity index (χ2v) is 3.58. The van der Waals surface area contributed by atoms with Crippen LogP contribution in [0.3, 0.4) is 0 Å². The van der Waals surface area contributed by atoms with E-state index in [9.17, 15) is 5.11 Å². The molecule has 0 amide bonds. The SMILES string of the molecule is Nc1ccc(C2(O)CCNC2)cc1. The molecule has 1 aromatic rings. The topological polar surface area (TPSA) is 58.3 Å². The van der Waals surface area contributed by atoms with Crippen molar-refractivity contribution in [1.82, 2.24) is 5.32 Å². The zero-order valence-corrected chi connectivity index (χ0v) is 7.46. The first-order chi connectivity index (χ1) is 6.21. The number of nitrogens with one attached hydrogen (secondary N) is 1. The minimum Gasteiger partial charge on any atom is -0.399 e. The van der Waals surface area contributed by atoms with E-state index >= 15 is 0 Å². The number of nitrogen functional groups attached to an aromatic ring is 1. The van der Waals surface area contributed by atoms with Gasteiger partial charge in [-0.05, 0) is 30.7 Å². The van der Waals surface area contributed by atoms with E-state index in [0.717, 1.165) is 24.2 Å². The van der Waals surface area contributed by atoms with E-state index in [0.29, 0.717) is 6.54 Å². The van der Waals surface area contributed by atoms with Crippen LogP contribution >= 0.6 is 0 Å². The fourth-order valence-corrected chi connectivity index (χ4v) is 1.72. The van der Waals surface area contributed by atoms with E-state index in [1.165, 1.54) is 0 Å². The van der Waals surface area contributed by atoms with Crippen molar-refractivity contribution in [3.63, 3.8) is 0 Å². The molecule has 0 spiro atoms. The van der Waals surface area contributed by atoms with Gasteiger partial charge < -0.3 is 16.2 Å². The summed E-state index contributed by atoms with van der Waals surface area (Å²) in [5, 5.41) is 13.3. The van der Waals surface area contributed by atoms with E-state index in [1.54, 1.807) is 0 Å². The summed E-state index contributed by atoms with van der Waals surface area (Å²) in [4.78, 5) is 0. The molecule has 3 heteroatoms. The van der Waals surface area contributed by atoms with Crippen LogP contribution in [-0.4, -0.2) is 18.2 Å². The van der Waals surface area contributed by atoms with Gasteiger partial charge in [-0.15, -0.1) is 0 Å². The van der Waals surface area contributed by atoms with Crippen molar-refractivity contribution in [1.29, 1.82) is 0 Å². The Morgan fingerprint density at radius 2 is 2.00 bits per heavy atom. The highest BCUT2D eigenvalue weighted by Gasteiger charge is 2.32. The lowest BCUT2D eigenvalue weighted by molar-refractivity contribution is 0.0588. The average Bonchev–Trinajstić information content (AvgIpc) is 2.54. The lowest BCUT2D eigenvalue weighted by Crippen LogP contribution is -2.28. The highest BCUT2D eigenvalue weighted by atomic mass is 16.3. The summed E-state index contributed by atoms with van der Waals surface area (Å²) in [6.07, 6.45) is 0.775. The molecule has 1 aliphatic heterocycles. The van der Waals surface area contributed by atoms with Gasteiger partial charge in [-0.1, -0.05) is 12.1 Å². The van der Waals surface area contributed by atoms with Crippen LogP contribution < -0.4 is 11.1 Å². The lowest BCUT2D eigenvalue weighted by Gasteiger charge is -2.21. The molecule has 4 N–H and O–H groups in total. The second kappa shape index (κ2) is 3.01. The summed E-state index contributed by atoms with van der Waals surface area (Å²) >= 11 is 0. The Balaban J connectivity index is 2.29. The molecule has 2 rings (SSSR count). The van der Waals surface area contributed by atoms with Crippen molar-refractivity contribution < 1.29 is 5.11 Å². The third-order valence-corrected chi connectivity index (χ3v) is 2.58. The van der Waals surface area contributed by atoms with Crippen LogP contribution in [0.5, 0.6) is 0 Å².